The molecular formula is C15H24O. The molecule has 3 fully saturated rings. The third kappa shape index (κ3) is 0.926. The van der Waals surface area contributed by atoms with Crippen LogP contribution in [0.15, 0.2) is 0 Å². The summed E-state index contributed by atoms with van der Waals surface area (Å²) in [7, 11) is 0. The second-order valence-electron chi connectivity index (χ2n) is 7.05. The largest absolute Gasteiger partial charge is 0.299 e. The number of fused-ring (bicyclic) bond motifs is 1. The third-order valence-electron chi connectivity index (χ3n) is 7.03. The molecule has 0 saturated heterocycles. The summed E-state index contributed by atoms with van der Waals surface area (Å²) >= 11 is 0. The molecule has 0 aromatic carbocycles. The summed E-state index contributed by atoms with van der Waals surface area (Å²) < 4.78 is 0. The number of hydrogen-bond acceptors (Lipinski definition) is 1. The van der Waals surface area contributed by atoms with Crippen molar-refractivity contribution in [3.63, 3.8) is 0 Å². The summed E-state index contributed by atoms with van der Waals surface area (Å²) in [5.41, 5.74) is 0.527. The Morgan fingerprint density at radius 2 is 1.94 bits per heavy atom. The molecular weight excluding hydrogens is 196 g/mol. The maximum absolute atomic E-state index is 12.1. The van der Waals surface area contributed by atoms with Crippen molar-refractivity contribution in [1.29, 1.82) is 0 Å². The molecule has 3 saturated carbocycles. The van der Waals surface area contributed by atoms with Gasteiger partial charge in [0.25, 0.3) is 0 Å². The van der Waals surface area contributed by atoms with Gasteiger partial charge in [0.15, 0.2) is 0 Å². The van der Waals surface area contributed by atoms with E-state index < -0.39 is 0 Å². The van der Waals surface area contributed by atoms with Gasteiger partial charge >= 0.3 is 0 Å². The lowest BCUT2D eigenvalue weighted by Gasteiger charge is -2.37. The lowest BCUT2D eigenvalue weighted by atomic mass is 9.65. The summed E-state index contributed by atoms with van der Waals surface area (Å²) in [4.78, 5) is 12.1. The molecule has 0 aromatic rings. The first-order valence-corrected chi connectivity index (χ1v) is 6.94. The first-order chi connectivity index (χ1) is 7.43. The topological polar surface area (TPSA) is 17.1 Å². The molecule has 1 heteroatoms. The molecule has 0 N–H and O–H groups in total. The van der Waals surface area contributed by atoms with E-state index in [2.05, 4.69) is 20.8 Å². The van der Waals surface area contributed by atoms with Crippen LogP contribution < -0.4 is 0 Å². The van der Waals surface area contributed by atoms with Crippen LogP contribution in [-0.2, 0) is 4.79 Å². The number of hydrogen-bond donors (Lipinski definition) is 0. The quantitative estimate of drug-likeness (QED) is 0.659. The molecule has 90 valence electrons. The molecule has 1 nitrogen and oxygen atoms in total. The Morgan fingerprint density at radius 3 is 2.50 bits per heavy atom. The van der Waals surface area contributed by atoms with Crippen LogP contribution in [0, 0.1) is 34.5 Å². The standard InChI is InChI=1S/C15H24O/c1-9-10(2)15-6-5-12(8-15)7-13(15)14(9,4)11(3)16/h9-10,12-13H,5-8H2,1-4H3/t9?,10-,12-,13?,14-,15-/m0/s1. The lowest BCUT2D eigenvalue weighted by Crippen LogP contribution is -2.37. The van der Waals surface area contributed by atoms with Gasteiger partial charge in [-0.2, -0.15) is 0 Å². The van der Waals surface area contributed by atoms with Gasteiger partial charge in [0.05, 0.1) is 0 Å². The van der Waals surface area contributed by atoms with Crippen molar-refractivity contribution in [2.24, 2.45) is 34.5 Å². The highest BCUT2D eigenvalue weighted by molar-refractivity contribution is 5.83. The van der Waals surface area contributed by atoms with E-state index in [1.54, 1.807) is 0 Å². The highest BCUT2D eigenvalue weighted by atomic mass is 16.1. The van der Waals surface area contributed by atoms with Crippen molar-refractivity contribution in [3.05, 3.63) is 0 Å². The molecule has 3 aliphatic rings. The number of rotatable bonds is 1. The second kappa shape index (κ2) is 2.91. The van der Waals surface area contributed by atoms with Gasteiger partial charge in [-0.1, -0.05) is 20.8 Å². The van der Waals surface area contributed by atoms with Gasteiger partial charge in [0.1, 0.15) is 5.78 Å². The van der Waals surface area contributed by atoms with Gasteiger partial charge in [-0.05, 0) is 61.7 Å². The predicted molar refractivity (Wildman–Crippen MR) is 65.0 cm³/mol. The summed E-state index contributed by atoms with van der Waals surface area (Å²) in [6.45, 7) is 8.83. The first kappa shape index (κ1) is 10.8. The molecule has 0 heterocycles. The molecule has 3 aliphatic carbocycles. The Bertz CT molecular complexity index is 347. The maximum atomic E-state index is 12.1. The normalized spacial score (nSPS) is 59.0. The highest BCUT2D eigenvalue weighted by Crippen LogP contribution is 2.74. The van der Waals surface area contributed by atoms with Crippen LogP contribution in [0.1, 0.15) is 53.4 Å². The van der Waals surface area contributed by atoms with Gasteiger partial charge in [0, 0.05) is 5.41 Å². The van der Waals surface area contributed by atoms with E-state index in [1.165, 1.54) is 25.7 Å². The van der Waals surface area contributed by atoms with E-state index in [-0.39, 0.29) is 5.41 Å². The Labute approximate surface area is 99.0 Å². The molecule has 16 heavy (non-hydrogen) atoms. The fourth-order valence-corrected chi connectivity index (χ4v) is 5.77. The zero-order chi connectivity index (χ0) is 11.7. The Hall–Kier alpha value is -0.330. The number of carbonyl (C=O) groups excluding carboxylic acids is 1. The van der Waals surface area contributed by atoms with Crippen molar-refractivity contribution in [2.45, 2.75) is 53.4 Å². The van der Waals surface area contributed by atoms with Crippen molar-refractivity contribution < 1.29 is 4.79 Å². The minimum atomic E-state index is -0.0193. The van der Waals surface area contributed by atoms with Crippen molar-refractivity contribution in [1.82, 2.24) is 0 Å². The molecule has 2 unspecified atom stereocenters. The zero-order valence-electron chi connectivity index (χ0n) is 11.0. The van der Waals surface area contributed by atoms with Gasteiger partial charge in [-0.15, -0.1) is 0 Å². The highest BCUT2D eigenvalue weighted by Gasteiger charge is 2.69. The average Bonchev–Trinajstić information content (AvgIpc) is 2.87. The maximum Gasteiger partial charge on any atom is 0.136 e. The Balaban J connectivity index is 2.09. The SMILES string of the molecule is CC(=O)[C@]1(C)C(C)[C@H](C)[C@@]23CC[C@@H](CC12)C3. The fourth-order valence-electron chi connectivity index (χ4n) is 5.77. The smallest absolute Gasteiger partial charge is 0.136 e. The van der Waals surface area contributed by atoms with E-state index in [9.17, 15) is 4.79 Å². The molecule has 3 rings (SSSR count). The van der Waals surface area contributed by atoms with Gasteiger partial charge in [-0.3, -0.25) is 4.79 Å². The molecule has 6 atom stereocenters. The van der Waals surface area contributed by atoms with E-state index in [1.807, 2.05) is 6.92 Å². The number of ketones is 1. The number of Topliss-reactive ketones (excluding diaryl/α,β-unsaturated/α-hetero) is 1. The fraction of sp³-hybridized carbons (Fsp3) is 0.933. The third-order valence-corrected chi connectivity index (χ3v) is 7.03. The monoisotopic (exact) mass is 220 g/mol. The molecule has 0 amide bonds. The summed E-state index contributed by atoms with van der Waals surface area (Å²) in [5.74, 6) is 3.41. The summed E-state index contributed by atoms with van der Waals surface area (Å²) in [6.07, 6.45) is 5.59. The average molecular weight is 220 g/mol. The van der Waals surface area contributed by atoms with Gasteiger partial charge in [0.2, 0.25) is 0 Å². The van der Waals surface area contributed by atoms with Crippen LogP contribution in [0.4, 0.5) is 0 Å². The van der Waals surface area contributed by atoms with Crippen LogP contribution >= 0.6 is 0 Å². The van der Waals surface area contributed by atoms with Gasteiger partial charge in [-0.25, -0.2) is 0 Å². The summed E-state index contributed by atoms with van der Waals surface area (Å²) in [6, 6.07) is 0. The molecule has 0 radical (unpaired) electrons. The molecule has 1 spiro atoms. The Kier molecular flexibility index (Phi) is 1.97. The van der Waals surface area contributed by atoms with E-state index in [0.717, 1.165) is 11.8 Å². The van der Waals surface area contributed by atoms with Crippen LogP contribution in [0.5, 0.6) is 0 Å². The molecule has 0 aromatic heterocycles. The van der Waals surface area contributed by atoms with Gasteiger partial charge < -0.3 is 0 Å². The van der Waals surface area contributed by atoms with Crippen LogP contribution in [0.2, 0.25) is 0 Å². The molecule has 2 bridgehead atoms. The van der Waals surface area contributed by atoms with Crippen LogP contribution in [0.3, 0.4) is 0 Å². The Morgan fingerprint density at radius 1 is 1.25 bits per heavy atom. The van der Waals surface area contributed by atoms with Crippen molar-refractivity contribution in [2.75, 3.05) is 0 Å². The van der Waals surface area contributed by atoms with E-state index >= 15 is 0 Å². The van der Waals surface area contributed by atoms with E-state index in [4.69, 9.17) is 0 Å². The minimum Gasteiger partial charge on any atom is -0.299 e. The molecule has 0 aliphatic heterocycles. The van der Waals surface area contributed by atoms with Crippen molar-refractivity contribution in [3.8, 4) is 0 Å². The lowest BCUT2D eigenvalue weighted by molar-refractivity contribution is -0.130. The van der Waals surface area contributed by atoms with Crippen LogP contribution in [0.25, 0.3) is 0 Å². The van der Waals surface area contributed by atoms with E-state index in [0.29, 0.717) is 23.0 Å². The first-order valence-electron chi connectivity index (χ1n) is 6.94. The van der Waals surface area contributed by atoms with Crippen LogP contribution in [-0.4, -0.2) is 5.78 Å². The number of carbonyl (C=O) groups is 1. The predicted octanol–water partition coefficient (Wildman–Crippen LogP) is 3.67. The minimum absolute atomic E-state index is 0.0193. The second-order valence-corrected chi connectivity index (χ2v) is 7.05. The van der Waals surface area contributed by atoms with Crippen molar-refractivity contribution >= 4 is 5.78 Å². The summed E-state index contributed by atoms with van der Waals surface area (Å²) in [5, 5.41) is 0. The zero-order valence-corrected chi connectivity index (χ0v) is 11.0.